The van der Waals surface area contributed by atoms with Gasteiger partial charge in [0.25, 0.3) is 5.91 Å². The molecule has 2 saturated carbocycles. The highest BCUT2D eigenvalue weighted by Gasteiger charge is 2.72. The van der Waals surface area contributed by atoms with E-state index < -0.39 is 10.0 Å². The van der Waals surface area contributed by atoms with Crippen molar-refractivity contribution in [2.24, 2.45) is 16.7 Å². The SMILES string of the molecule is CC(C)=CC(=O)N1[C@@H]2C[C@H]3CC[C@]2(CS1(=O)=O)C3(C)C. The number of rotatable bonds is 1. The molecule has 4 nitrogen and oxygen atoms in total. The van der Waals surface area contributed by atoms with E-state index in [1.807, 2.05) is 13.8 Å². The van der Waals surface area contributed by atoms with Crippen LogP contribution in [0.4, 0.5) is 0 Å². The number of sulfonamides is 1. The van der Waals surface area contributed by atoms with Gasteiger partial charge in [0.2, 0.25) is 10.0 Å². The second-order valence-corrected chi connectivity index (χ2v) is 9.32. The molecule has 0 radical (unpaired) electrons. The fourth-order valence-electron chi connectivity index (χ4n) is 4.89. The van der Waals surface area contributed by atoms with Crippen LogP contribution in [0, 0.1) is 16.7 Å². The van der Waals surface area contributed by atoms with Gasteiger partial charge in [-0.1, -0.05) is 19.4 Å². The van der Waals surface area contributed by atoms with Gasteiger partial charge in [-0.3, -0.25) is 4.79 Å². The Morgan fingerprint density at radius 1 is 1.30 bits per heavy atom. The molecular weight excluding hydrogens is 274 g/mol. The Morgan fingerprint density at radius 2 is 1.95 bits per heavy atom. The van der Waals surface area contributed by atoms with Crippen molar-refractivity contribution >= 4 is 15.9 Å². The number of nitrogens with zero attached hydrogens (tertiary/aromatic N) is 1. The zero-order valence-corrected chi connectivity index (χ0v) is 13.5. The maximum Gasteiger partial charge on any atom is 0.260 e. The van der Waals surface area contributed by atoms with Gasteiger partial charge in [0, 0.05) is 11.5 Å². The summed E-state index contributed by atoms with van der Waals surface area (Å²) in [6.45, 7) is 8.02. The zero-order valence-electron chi connectivity index (χ0n) is 12.6. The number of allylic oxidation sites excluding steroid dienone is 1. The van der Waals surface area contributed by atoms with Crippen molar-refractivity contribution in [1.82, 2.24) is 4.31 Å². The number of hydrogen-bond acceptors (Lipinski definition) is 3. The Labute approximate surface area is 121 Å². The molecule has 0 aromatic rings. The van der Waals surface area contributed by atoms with Gasteiger partial charge in [-0.05, 0) is 44.4 Å². The lowest BCUT2D eigenvalue weighted by molar-refractivity contribution is -0.124. The first kappa shape index (κ1) is 14.1. The molecule has 2 aliphatic carbocycles. The minimum atomic E-state index is -3.47. The van der Waals surface area contributed by atoms with E-state index in [2.05, 4.69) is 13.8 Å². The van der Waals surface area contributed by atoms with Crippen LogP contribution in [-0.4, -0.2) is 30.4 Å². The summed E-state index contributed by atoms with van der Waals surface area (Å²) in [5, 5.41) is 0. The number of carbonyl (C=O) groups is 1. The van der Waals surface area contributed by atoms with Crippen LogP contribution in [0.2, 0.25) is 0 Å². The van der Waals surface area contributed by atoms with Gasteiger partial charge in [0.1, 0.15) is 0 Å². The Morgan fingerprint density at radius 3 is 2.50 bits per heavy atom. The summed E-state index contributed by atoms with van der Waals surface area (Å²) in [5.41, 5.74) is 0.639. The summed E-state index contributed by atoms with van der Waals surface area (Å²) in [4.78, 5) is 12.4. The molecule has 2 bridgehead atoms. The van der Waals surface area contributed by atoms with Gasteiger partial charge >= 0.3 is 0 Å². The number of carbonyl (C=O) groups excluding carboxylic acids is 1. The van der Waals surface area contributed by atoms with Crippen molar-refractivity contribution in [2.75, 3.05) is 5.75 Å². The molecule has 3 aliphatic rings. The minimum absolute atomic E-state index is 0.0186. The Bertz CT molecular complexity index is 601. The molecule has 1 amide bonds. The van der Waals surface area contributed by atoms with Crippen molar-refractivity contribution in [3.05, 3.63) is 11.6 Å². The molecular formula is C15H23NO3S. The summed E-state index contributed by atoms with van der Waals surface area (Å²) in [6, 6.07) is -0.121. The van der Waals surface area contributed by atoms with E-state index in [9.17, 15) is 13.2 Å². The lowest BCUT2D eigenvalue weighted by Crippen LogP contribution is -2.43. The lowest BCUT2D eigenvalue weighted by atomic mass is 9.69. The summed E-state index contributed by atoms with van der Waals surface area (Å²) in [7, 11) is -3.47. The topological polar surface area (TPSA) is 54.5 Å². The van der Waals surface area contributed by atoms with E-state index in [1.165, 1.54) is 10.4 Å². The molecule has 3 fully saturated rings. The van der Waals surface area contributed by atoms with Crippen molar-refractivity contribution in [1.29, 1.82) is 0 Å². The fraction of sp³-hybridized carbons (Fsp3) is 0.800. The van der Waals surface area contributed by atoms with Gasteiger partial charge in [0.05, 0.1) is 11.8 Å². The third-order valence-corrected chi connectivity index (χ3v) is 7.95. The molecule has 0 aromatic carbocycles. The standard InChI is InChI=1S/C15H23NO3S/c1-10(2)7-13(17)16-12-8-11-5-6-15(12,14(11,3)4)9-20(16,18)19/h7,11-12H,5-6,8-9H2,1-4H3/t11-,12-,15-/m1/s1. The maximum atomic E-state index is 12.5. The summed E-state index contributed by atoms with van der Waals surface area (Å²) in [6.07, 6.45) is 4.33. The van der Waals surface area contributed by atoms with Crippen LogP contribution in [0.25, 0.3) is 0 Å². The Balaban J connectivity index is 2.07. The third-order valence-electron chi connectivity index (χ3n) is 6.04. The molecule has 0 aromatic heterocycles. The van der Waals surface area contributed by atoms with Crippen LogP contribution in [0.5, 0.6) is 0 Å². The number of fused-ring (bicyclic) bond motifs is 1. The average Bonchev–Trinajstić information content (AvgIpc) is 2.73. The predicted octanol–water partition coefficient (Wildman–Crippen LogP) is 2.32. The van der Waals surface area contributed by atoms with E-state index in [-0.39, 0.29) is 28.5 Å². The highest BCUT2D eigenvalue weighted by Crippen LogP contribution is 2.69. The molecule has 1 spiro atoms. The number of hydrogen-bond donors (Lipinski definition) is 0. The van der Waals surface area contributed by atoms with E-state index >= 15 is 0 Å². The van der Waals surface area contributed by atoms with Crippen molar-refractivity contribution < 1.29 is 13.2 Å². The monoisotopic (exact) mass is 297 g/mol. The van der Waals surface area contributed by atoms with Gasteiger partial charge in [-0.2, -0.15) is 0 Å². The predicted molar refractivity (Wildman–Crippen MR) is 77.4 cm³/mol. The first-order valence-corrected chi connectivity index (χ1v) is 8.94. The fourth-order valence-corrected chi connectivity index (χ4v) is 7.39. The third kappa shape index (κ3) is 1.53. The van der Waals surface area contributed by atoms with Crippen molar-refractivity contribution in [3.8, 4) is 0 Å². The first-order chi connectivity index (χ1) is 9.12. The molecule has 5 heteroatoms. The second kappa shape index (κ2) is 3.87. The van der Waals surface area contributed by atoms with Gasteiger partial charge in [-0.25, -0.2) is 12.7 Å². The average molecular weight is 297 g/mol. The molecule has 3 rings (SSSR count). The van der Waals surface area contributed by atoms with E-state index in [1.54, 1.807) is 0 Å². The van der Waals surface area contributed by atoms with Gasteiger partial charge in [-0.15, -0.1) is 0 Å². The lowest BCUT2D eigenvalue weighted by Gasteiger charge is -2.36. The van der Waals surface area contributed by atoms with E-state index in [0.717, 1.165) is 24.8 Å². The molecule has 0 N–H and O–H groups in total. The van der Waals surface area contributed by atoms with Crippen LogP contribution >= 0.6 is 0 Å². The summed E-state index contributed by atoms with van der Waals surface area (Å²) >= 11 is 0. The summed E-state index contributed by atoms with van der Waals surface area (Å²) in [5.74, 6) is 0.344. The molecule has 0 unspecified atom stereocenters. The molecule has 3 atom stereocenters. The van der Waals surface area contributed by atoms with Crippen LogP contribution in [-0.2, 0) is 14.8 Å². The van der Waals surface area contributed by atoms with Crippen molar-refractivity contribution in [2.45, 2.75) is 53.0 Å². The minimum Gasteiger partial charge on any atom is -0.269 e. The van der Waals surface area contributed by atoms with Crippen LogP contribution < -0.4 is 0 Å². The highest BCUT2D eigenvalue weighted by atomic mass is 32.2. The summed E-state index contributed by atoms with van der Waals surface area (Å²) < 4.78 is 26.3. The maximum absolute atomic E-state index is 12.5. The Hall–Kier alpha value is -0.840. The number of amides is 1. The second-order valence-electron chi connectivity index (χ2n) is 7.48. The van der Waals surface area contributed by atoms with Crippen LogP contribution in [0.3, 0.4) is 0 Å². The van der Waals surface area contributed by atoms with Gasteiger partial charge in [0.15, 0.2) is 0 Å². The van der Waals surface area contributed by atoms with Crippen LogP contribution in [0.15, 0.2) is 11.6 Å². The smallest absolute Gasteiger partial charge is 0.260 e. The Kier molecular flexibility index (Phi) is 2.73. The van der Waals surface area contributed by atoms with E-state index in [0.29, 0.717) is 5.92 Å². The molecule has 1 aliphatic heterocycles. The molecule has 20 heavy (non-hydrogen) atoms. The highest BCUT2D eigenvalue weighted by molar-refractivity contribution is 7.90. The normalized spacial score (nSPS) is 39.7. The van der Waals surface area contributed by atoms with Gasteiger partial charge < -0.3 is 0 Å². The van der Waals surface area contributed by atoms with Crippen molar-refractivity contribution in [3.63, 3.8) is 0 Å². The van der Waals surface area contributed by atoms with E-state index in [4.69, 9.17) is 0 Å². The molecule has 1 saturated heterocycles. The van der Waals surface area contributed by atoms with Crippen LogP contribution in [0.1, 0.15) is 47.0 Å². The first-order valence-electron chi connectivity index (χ1n) is 7.33. The molecule has 112 valence electrons. The zero-order chi connectivity index (χ0) is 14.9. The quantitative estimate of drug-likeness (QED) is 0.698. The molecule has 1 heterocycles. The largest absolute Gasteiger partial charge is 0.269 e.